The molecule has 2 heterocycles. The molecule has 0 fully saturated rings. The SMILES string of the molecule is COc1cc(C2CC(=O)Nc3n[nH]cc32)ccc1Oc1cc(Br)cc(C(F)(F)F)c1. The average molecular weight is 482 g/mol. The van der Waals surface area contributed by atoms with Gasteiger partial charge in [-0.05, 0) is 35.9 Å². The molecule has 0 bridgehead atoms. The highest BCUT2D eigenvalue weighted by molar-refractivity contribution is 9.10. The first kappa shape index (κ1) is 20.3. The fourth-order valence-corrected chi connectivity index (χ4v) is 3.81. The van der Waals surface area contributed by atoms with E-state index in [1.807, 2.05) is 0 Å². The molecule has 1 aliphatic rings. The third kappa shape index (κ3) is 4.00. The van der Waals surface area contributed by atoms with Crippen LogP contribution in [0.15, 0.2) is 47.1 Å². The summed E-state index contributed by atoms with van der Waals surface area (Å²) in [7, 11) is 1.44. The van der Waals surface area contributed by atoms with Gasteiger partial charge in [-0.2, -0.15) is 18.3 Å². The molecule has 1 unspecified atom stereocenters. The molecule has 1 atom stereocenters. The standard InChI is InChI=1S/C20H15BrF3N3O3/c1-29-17-4-10(14-8-18(28)26-19-15(14)9-25-27-19)2-3-16(17)30-13-6-11(20(22,23)24)5-12(21)7-13/h2-7,9,14H,8H2,1H3,(H2,25,26,27,28). The predicted molar refractivity (Wildman–Crippen MR) is 106 cm³/mol. The van der Waals surface area contributed by atoms with Crippen molar-refractivity contribution in [3.8, 4) is 17.2 Å². The first-order valence-corrected chi connectivity index (χ1v) is 9.61. The van der Waals surface area contributed by atoms with Gasteiger partial charge in [0.2, 0.25) is 5.91 Å². The highest BCUT2D eigenvalue weighted by atomic mass is 79.9. The Kier molecular flexibility index (Phi) is 5.19. The molecule has 6 nitrogen and oxygen atoms in total. The van der Waals surface area contributed by atoms with E-state index in [1.54, 1.807) is 24.4 Å². The molecule has 0 aliphatic carbocycles. The first-order valence-electron chi connectivity index (χ1n) is 8.81. The molecule has 1 aromatic heterocycles. The quantitative estimate of drug-likeness (QED) is 0.518. The summed E-state index contributed by atoms with van der Waals surface area (Å²) in [5.41, 5.74) is 0.803. The Labute approximate surface area is 177 Å². The maximum absolute atomic E-state index is 13.1. The second-order valence-electron chi connectivity index (χ2n) is 6.68. The number of amides is 1. The molecule has 0 saturated carbocycles. The molecular weight excluding hydrogens is 467 g/mol. The van der Waals surface area contributed by atoms with Gasteiger partial charge in [0, 0.05) is 28.6 Å². The van der Waals surface area contributed by atoms with Crippen molar-refractivity contribution in [3.05, 3.63) is 63.8 Å². The van der Waals surface area contributed by atoms with E-state index < -0.39 is 11.7 Å². The van der Waals surface area contributed by atoms with Crippen LogP contribution in [0.2, 0.25) is 0 Å². The lowest BCUT2D eigenvalue weighted by Crippen LogP contribution is -2.22. The van der Waals surface area contributed by atoms with Crippen LogP contribution in [0.3, 0.4) is 0 Å². The van der Waals surface area contributed by atoms with E-state index in [9.17, 15) is 18.0 Å². The number of hydrogen-bond acceptors (Lipinski definition) is 4. The van der Waals surface area contributed by atoms with Crippen LogP contribution in [-0.4, -0.2) is 23.2 Å². The maximum atomic E-state index is 13.1. The topological polar surface area (TPSA) is 76.2 Å². The number of alkyl halides is 3. The Morgan fingerprint density at radius 1 is 1.17 bits per heavy atom. The lowest BCUT2D eigenvalue weighted by Gasteiger charge is -2.23. The Morgan fingerprint density at radius 2 is 1.97 bits per heavy atom. The van der Waals surface area contributed by atoms with E-state index in [1.165, 1.54) is 13.2 Å². The third-order valence-corrected chi connectivity index (χ3v) is 5.17. The molecule has 2 N–H and O–H groups in total. The van der Waals surface area contributed by atoms with Gasteiger partial charge in [-0.3, -0.25) is 9.89 Å². The number of benzene rings is 2. The number of H-pyrrole nitrogens is 1. The van der Waals surface area contributed by atoms with Crippen LogP contribution in [0.25, 0.3) is 0 Å². The zero-order chi connectivity index (χ0) is 21.5. The Hall–Kier alpha value is -3.01. The zero-order valence-corrected chi connectivity index (χ0v) is 17.1. The van der Waals surface area contributed by atoms with Gasteiger partial charge in [0.1, 0.15) is 5.75 Å². The number of aromatic amines is 1. The highest BCUT2D eigenvalue weighted by Crippen LogP contribution is 2.41. The van der Waals surface area contributed by atoms with Crippen LogP contribution in [0.1, 0.15) is 29.0 Å². The van der Waals surface area contributed by atoms with Crippen LogP contribution in [0.5, 0.6) is 17.2 Å². The number of aromatic nitrogens is 2. The van der Waals surface area contributed by atoms with Crippen LogP contribution in [0, 0.1) is 0 Å². The van der Waals surface area contributed by atoms with Crippen molar-refractivity contribution in [1.82, 2.24) is 10.2 Å². The second-order valence-corrected chi connectivity index (χ2v) is 7.60. The minimum atomic E-state index is -4.50. The van der Waals surface area contributed by atoms with Gasteiger partial charge in [0.25, 0.3) is 0 Å². The number of anilines is 1. The largest absolute Gasteiger partial charge is 0.493 e. The van der Waals surface area contributed by atoms with Gasteiger partial charge in [-0.1, -0.05) is 22.0 Å². The number of methoxy groups -OCH3 is 1. The van der Waals surface area contributed by atoms with E-state index in [-0.39, 0.29) is 34.2 Å². The summed E-state index contributed by atoms with van der Waals surface area (Å²) in [5.74, 6) is 0.671. The molecule has 4 rings (SSSR count). The van der Waals surface area contributed by atoms with Crippen molar-refractivity contribution in [2.45, 2.75) is 18.5 Å². The molecule has 10 heteroatoms. The van der Waals surface area contributed by atoms with Gasteiger partial charge in [0.15, 0.2) is 17.3 Å². The van der Waals surface area contributed by atoms with Crippen molar-refractivity contribution in [2.75, 3.05) is 12.4 Å². The number of halogens is 4. The van der Waals surface area contributed by atoms with Crippen LogP contribution in [0.4, 0.5) is 19.0 Å². The lowest BCUT2D eigenvalue weighted by molar-refractivity contribution is -0.137. The number of ether oxygens (including phenoxy) is 2. The van der Waals surface area contributed by atoms with Crippen LogP contribution < -0.4 is 14.8 Å². The summed E-state index contributed by atoms with van der Waals surface area (Å²) in [4.78, 5) is 12.0. The van der Waals surface area contributed by atoms with E-state index in [4.69, 9.17) is 9.47 Å². The molecule has 1 aliphatic heterocycles. The van der Waals surface area contributed by atoms with Crippen molar-refractivity contribution >= 4 is 27.7 Å². The van der Waals surface area contributed by atoms with E-state index in [0.29, 0.717) is 11.6 Å². The minimum absolute atomic E-state index is 0.0110. The first-order chi connectivity index (χ1) is 14.2. The summed E-state index contributed by atoms with van der Waals surface area (Å²) in [6, 6.07) is 8.39. The van der Waals surface area contributed by atoms with Crippen LogP contribution in [-0.2, 0) is 11.0 Å². The van der Waals surface area contributed by atoms with Crippen molar-refractivity contribution in [1.29, 1.82) is 0 Å². The molecule has 1 amide bonds. The van der Waals surface area contributed by atoms with Crippen LogP contribution >= 0.6 is 15.9 Å². The summed E-state index contributed by atoms with van der Waals surface area (Å²) >= 11 is 3.08. The van der Waals surface area contributed by atoms with Gasteiger partial charge in [-0.25, -0.2) is 0 Å². The third-order valence-electron chi connectivity index (χ3n) is 4.71. The maximum Gasteiger partial charge on any atom is 0.416 e. The lowest BCUT2D eigenvalue weighted by atomic mass is 9.87. The second kappa shape index (κ2) is 7.67. The molecular formula is C20H15BrF3N3O3. The number of nitrogens with zero attached hydrogens (tertiary/aromatic N) is 1. The molecule has 2 aromatic carbocycles. The smallest absolute Gasteiger partial charge is 0.416 e. The van der Waals surface area contributed by atoms with E-state index in [2.05, 4.69) is 31.4 Å². The number of fused-ring (bicyclic) bond motifs is 1. The number of nitrogens with one attached hydrogen (secondary N) is 2. The number of hydrogen-bond donors (Lipinski definition) is 2. The van der Waals surface area contributed by atoms with Gasteiger partial charge in [0.05, 0.1) is 12.7 Å². The Bertz CT molecular complexity index is 1110. The summed E-state index contributed by atoms with van der Waals surface area (Å²) < 4.78 is 50.5. The Balaban J connectivity index is 1.66. The van der Waals surface area contributed by atoms with Gasteiger partial charge in [-0.15, -0.1) is 0 Å². The molecule has 156 valence electrons. The number of rotatable bonds is 4. The van der Waals surface area contributed by atoms with Gasteiger partial charge < -0.3 is 14.8 Å². The predicted octanol–water partition coefficient (Wildman–Crippen LogP) is 5.47. The molecule has 0 spiro atoms. The monoisotopic (exact) mass is 481 g/mol. The fraction of sp³-hybridized carbons (Fsp3) is 0.200. The molecule has 0 radical (unpaired) electrons. The summed E-state index contributed by atoms with van der Waals surface area (Å²) in [6.45, 7) is 0. The minimum Gasteiger partial charge on any atom is -0.493 e. The van der Waals surface area contributed by atoms with Crippen molar-refractivity contribution in [2.24, 2.45) is 0 Å². The van der Waals surface area contributed by atoms with Crippen molar-refractivity contribution in [3.63, 3.8) is 0 Å². The molecule has 30 heavy (non-hydrogen) atoms. The molecule has 0 saturated heterocycles. The van der Waals surface area contributed by atoms with E-state index in [0.717, 1.165) is 23.3 Å². The summed E-state index contributed by atoms with van der Waals surface area (Å²) in [6.07, 6.45) is -2.55. The zero-order valence-electron chi connectivity index (χ0n) is 15.5. The average Bonchev–Trinajstić information content (AvgIpc) is 3.15. The Morgan fingerprint density at radius 3 is 2.70 bits per heavy atom. The van der Waals surface area contributed by atoms with Gasteiger partial charge >= 0.3 is 6.18 Å². The van der Waals surface area contributed by atoms with Crippen molar-refractivity contribution < 1.29 is 27.4 Å². The normalized spacial score (nSPS) is 16.0. The number of carbonyl (C=O) groups excluding carboxylic acids is 1. The van der Waals surface area contributed by atoms with E-state index >= 15 is 0 Å². The number of carbonyl (C=O) groups is 1. The molecule has 3 aromatic rings. The highest BCUT2D eigenvalue weighted by Gasteiger charge is 2.32. The summed E-state index contributed by atoms with van der Waals surface area (Å²) in [5, 5.41) is 9.47. The fourth-order valence-electron chi connectivity index (χ4n) is 3.34.